The Morgan fingerprint density at radius 1 is 1.35 bits per heavy atom. The second-order valence-electron chi connectivity index (χ2n) is 5.35. The Labute approximate surface area is 117 Å². The average Bonchev–Trinajstić information content (AvgIpc) is 2.46. The van der Waals surface area contributed by atoms with Gasteiger partial charge in [-0.1, -0.05) is 19.3 Å². The lowest BCUT2D eigenvalue weighted by atomic mass is 9.71. The summed E-state index contributed by atoms with van der Waals surface area (Å²) >= 11 is 0. The third kappa shape index (κ3) is 3.44. The lowest BCUT2D eigenvalue weighted by Gasteiger charge is -2.36. The van der Waals surface area contributed by atoms with E-state index in [2.05, 4.69) is 15.3 Å². The number of nitriles is 1. The Hall–Kier alpha value is -2.16. The zero-order chi connectivity index (χ0) is 14.4. The molecule has 1 fully saturated rings. The van der Waals surface area contributed by atoms with Crippen LogP contribution in [0.5, 0.6) is 0 Å². The molecule has 6 heteroatoms. The molecule has 0 unspecified atom stereocenters. The van der Waals surface area contributed by atoms with Crippen molar-refractivity contribution in [3.8, 4) is 6.07 Å². The maximum atomic E-state index is 11.1. The predicted molar refractivity (Wildman–Crippen MR) is 73.0 cm³/mol. The molecule has 2 rings (SSSR count). The van der Waals surface area contributed by atoms with Crippen LogP contribution < -0.4 is 5.32 Å². The van der Waals surface area contributed by atoms with E-state index in [9.17, 15) is 4.79 Å². The molecule has 1 saturated carbocycles. The van der Waals surface area contributed by atoms with Gasteiger partial charge in [0.05, 0.1) is 6.42 Å². The fourth-order valence-electron chi connectivity index (χ4n) is 2.86. The van der Waals surface area contributed by atoms with Crippen LogP contribution in [0.1, 0.15) is 44.2 Å². The van der Waals surface area contributed by atoms with Crippen molar-refractivity contribution in [2.24, 2.45) is 5.41 Å². The van der Waals surface area contributed by atoms with E-state index in [-0.39, 0.29) is 17.5 Å². The summed E-state index contributed by atoms with van der Waals surface area (Å²) in [4.78, 5) is 19.1. The van der Waals surface area contributed by atoms with Crippen molar-refractivity contribution in [1.29, 1.82) is 5.26 Å². The molecule has 20 heavy (non-hydrogen) atoms. The summed E-state index contributed by atoms with van der Waals surface area (Å²) in [6.45, 7) is 0.521. The van der Waals surface area contributed by atoms with Crippen molar-refractivity contribution in [1.82, 2.24) is 9.97 Å². The lowest BCUT2D eigenvalue weighted by Crippen LogP contribution is -2.34. The lowest BCUT2D eigenvalue weighted by molar-refractivity contribution is -0.140. The van der Waals surface area contributed by atoms with E-state index in [1.165, 1.54) is 12.4 Å². The van der Waals surface area contributed by atoms with Crippen LogP contribution in [0.3, 0.4) is 0 Å². The van der Waals surface area contributed by atoms with Crippen LogP contribution in [-0.4, -0.2) is 27.6 Å². The van der Waals surface area contributed by atoms with Crippen molar-refractivity contribution in [2.45, 2.75) is 38.5 Å². The Kier molecular flexibility index (Phi) is 4.51. The van der Waals surface area contributed by atoms with Crippen molar-refractivity contribution in [2.75, 3.05) is 11.9 Å². The van der Waals surface area contributed by atoms with E-state index in [1.54, 1.807) is 0 Å². The van der Waals surface area contributed by atoms with Crippen LogP contribution in [-0.2, 0) is 4.79 Å². The van der Waals surface area contributed by atoms with Gasteiger partial charge in [-0.05, 0) is 18.3 Å². The molecule has 0 spiro atoms. The highest BCUT2D eigenvalue weighted by Gasteiger charge is 2.34. The Morgan fingerprint density at radius 2 is 2.05 bits per heavy atom. The van der Waals surface area contributed by atoms with Gasteiger partial charge >= 0.3 is 5.97 Å². The SMILES string of the molecule is N#Cc1nccnc1NCC1(CC(=O)O)CCCCC1. The van der Waals surface area contributed by atoms with Gasteiger partial charge in [-0.2, -0.15) is 5.26 Å². The van der Waals surface area contributed by atoms with Gasteiger partial charge in [0.25, 0.3) is 0 Å². The van der Waals surface area contributed by atoms with Crippen LogP contribution >= 0.6 is 0 Å². The normalized spacial score (nSPS) is 17.1. The molecule has 1 aromatic rings. The molecule has 106 valence electrons. The minimum Gasteiger partial charge on any atom is -0.481 e. The summed E-state index contributed by atoms with van der Waals surface area (Å²) in [5.74, 6) is -0.335. The first-order chi connectivity index (χ1) is 9.65. The summed E-state index contributed by atoms with van der Waals surface area (Å²) < 4.78 is 0. The fourth-order valence-corrected chi connectivity index (χ4v) is 2.86. The minimum absolute atomic E-state index is 0.155. The van der Waals surface area contributed by atoms with Crippen molar-refractivity contribution < 1.29 is 9.90 Å². The van der Waals surface area contributed by atoms with Crippen molar-refractivity contribution in [3.63, 3.8) is 0 Å². The monoisotopic (exact) mass is 274 g/mol. The second-order valence-corrected chi connectivity index (χ2v) is 5.35. The van der Waals surface area contributed by atoms with E-state index in [4.69, 9.17) is 10.4 Å². The van der Waals surface area contributed by atoms with Gasteiger partial charge in [0.1, 0.15) is 6.07 Å². The van der Waals surface area contributed by atoms with E-state index >= 15 is 0 Å². The molecule has 1 aliphatic carbocycles. The highest BCUT2D eigenvalue weighted by atomic mass is 16.4. The number of carboxylic acid groups (broad SMARTS) is 1. The van der Waals surface area contributed by atoms with Gasteiger partial charge in [0.2, 0.25) is 0 Å². The van der Waals surface area contributed by atoms with Crippen LogP contribution in [0, 0.1) is 16.7 Å². The number of anilines is 1. The number of aliphatic carboxylic acids is 1. The third-order valence-corrected chi connectivity index (χ3v) is 3.88. The molecule has 0 amide bonds. The summed E-state index contributed by atoms with van der Waals surface area (Å²) in [5.41, 5.74) is 0.00251. The third-order valence-electron chi connectivity index (χ3n) is 3.88. The topological polar surface area (TPSA) is 98.9 Å². The zero-order valence-corrected chi connectivity index (χ0v) is 11.3. The molecular formula is C14H18N4O2. The quantitative estimate of drug-likeness (QED) is 0.853. The number of aromatic nitrogens is 2. The van der Waals surface area contributed by atoms with Crippen molar-refractivity contribution in [3.05, 3.63) is 18.1 Å². The average molecular weight is 274 g/mol. The first-order valence-corrected chi connectivity index (χ1v) is 6.82. The number of nitrogens with one attached hydrogen (secondary N) is 1. The zero-order valence-electron chi connectivity index (χ0n) is 11.3. The number of hydrogen-bond donors (Lipinski definition) is 2. The number of carbonyl (C=O) groups is 1. The molecule has 0 radical (unpaired) electrons. The molecular weight excluding hydrogens is 256 g/mol. The van der Waals surface area contributed by atoms with Crippen LogP contribution in [0.25, 0.3) is 0 Å². The highest BCUT2D eigenvalue weighted by Crippen LogP contribution is 2.39. The van der Waals surface area contributed by atoms with E-state index in [0.717, 1.165) is 32.1 Å². The second kappa shape index (κ2) is 6.33. The van der Waals surface area contributed by atoms with Gasteiger partial charge in [-0.3, -0.25) is 4.79 Å². The number of nitrogens with zero attached hydrogens (tertiary/aromatic N) is 3. The molecule has 0 aromatic carbocycles. The summed E-state index contributed by atoms with van der Waals surface area (Å²) in [6.07, 6.45) is 8.22. The van der Waals surface area contributed by atoms with Gasteiger partial charge in [0.15, 0.2) is 11.5 Å². The molecule has 1 aromatic heterocycles. The molecule has 1 heterocycles. The predicted octanol–water partition coefficient (Wildman–Crippen LogP) is 2.19. The van der Waals surface area contributed by atoms with Gasteiger partial charge in [-0.15, -0.1) is 0 Å². The van der Waals surface area contributed by atoms with Crippen LogP contribution in [0.15, 0.2) is 12.4 Å². The molecule has 0 saturated heterocycles. The summed E-state index contributed by atoms with van der Waals surface area (Å²) in [7, 11) is 0. The molecule has 0 aliphatic heterocycles. The molecule has 1 aliphatic rings. The molecule has 6 nitrogen and oxygen atoms in total. The van der Waals surface area contributed by atoms with Crippen LogP contribution in [0.2, 0.25) is 0 Å². The van der Waals surface area contributed by atoms with E-state index < -0.39 is 5.97 Å². The van der Waals surface area contributed by atoms with E-state index in [1.807, 2.05) is 6.07 Å². The van der Waals surface area contributed by atoms with Crippen molar-refractivity contribution >= 4 is 11.8 Å². The standard InChI is InChI=1S/C14H18N4O2/c15-9-11-13(17-7-6-16-11)18-10-14(8-12(19)20)4-2-1-3-5-14/h6-7H,1-5,8,10H2,(H,17,18)(H,19,20). The van der Waals surface area contributed by atoms with Gasteiger partial charge in [0, 0.05) is 18.9 Å². The Bertz CT molecular complexity index is 518. The fraction of sp³-hybridized carbons (Fsp3) is 0.571. The maximum absolute atomic E-state index is 11.1. The number of rotatable bonds is 5. The minimum atomic E-state index is -0.770. The van der Waals surface area contributed by atoms with Crippen LogP contribution in [0.4, 0.5) is 5.82 Å². The number of hydrogen-bond acceptors (Lipinski definition) is 5. The first kappa shape index (κ1) is 14.3. The van der Waals surface area contributed by atoms with E-state index in [0.29, 0.717) is 12.4 Å². The molecule has 0 bridgehead atoms. The maximum Gasteiger partial charge on any atom is 0.303 e. The summed E-state index contributed by atoms with van der Waals surface area (Å²) in [6, 6.07) is 1.98. The largest absolute Gasteiger partial charge is 0.481 e. The Balaban J connectivity index is 2.09. The molecule has 2 N–H and O–H groups in total. The Morgan fingerprint density at radius 3 is 2.70 bits per heavy atom. The first-order valence-electron chi connectivity index (χ1n) is 6.82. The summed E-state index contributed by atoms with van der Waals surface area (Å²) in [5, 5.41) is 21.2. The molecule has 0 atom stereocenters. The smallest absolute Gasteiger partial charge is 0.303 e. The van der Waals surface area contributed by atoms with Gasteiger partial charge < -0.3 is 10.4 Å². The highest BCUT2D eigenvalue weighted by molar-refractivity contribution is 5.68. The van der Waals surface area contributed by atoms with Gasteiger partial charge in [-0.25, -0.2) is 9.97 Å². The number of carboxylic acids is 1.